The molecule has 0 spiro atoms. The van der Waals surface area contributed by atoms with Crippen LogP contribution >= 0.6 is 0 Å². The van der Waals surface area contributed by atoms with Crippen molar-refractivity contribution in [3.63, 3.8) is 0 Å². The largest absolute Gasteiger partial charge is 0.0804 e. The number of allylic oxidation sites excluding steroid dienone is 2. The average Bonchev–Trinajstić information content (AvgIpc) is 2.71. The van der Waals surface area contributed by atoms with E-state index in [9.17, 15) is 0 Å². The van der Waals surface area contributed by atoms with Crippen LogP contribution in [-0.2, 0) is 6.42 Å². The quantitative estimate of drug-likeness (QED) is 0.371. The first-order valence-corrected chi connectivity index (χ1v) is 11.5. The number of fused-ring (bicyclic) bond motifs is 1. The molecule has 0 aliphatic heterocycles. The van der Waals surface area contributed by atoms with E-state index in [1.807, 2.05) is 0 Å². The monoisotopic (exact) mass is 362 g/mol. The lowest BCUT2D eigenvalue weighted by Gasteiger charge is -2.22. The molecule has 0 saturated carbocycles. The molecule has 1 unspecified atom stereocenters. The summed E-state index contributed by atoms with van der Waals surface area (Å²) in [5, 5.41) is 2.78. The molecule has 146 valence electrons. The van der Waals surface area contributed by atoms with Gasteiger partial charge in [-0.1, -0.05) is 102 Å². The lowest BCUT2D eigenvalue weighted by molar-refractivity contribution is 0.423. The van der Waals surface area contributed by atoms with Crippen molar-refractivity contribution in [2.45, 2.75) is 90.9 Å². The van der Waals surface area contributed by atoms with E-state index in [1.165, 1.54) is 98.9 Å². The molecule has 0 N–H and O–H groups in total. The molecule has 1 aliphatic carbocycles. The zero-order chi connectivity index (χ0) is 18.9. The van der Waals surface area contributed by atoms with Gasteiger partial charge in [-0.25, -0.2) is 0 Å². The van der Waals surface area contributed by atoms with E-state index >= 15 is 0 Å². The summed E-state index contributed by atoms with van der Waals surface area (Å²) >= 11 is 0. The van der Waals surface area contributed by atoms with Crippen molar-refractivity contribution in [3.05, 3.63) is 53.6 Å². The fraction of sp³-hybridized carbons (Fsp3) is 0.556. The molecule has 1 aliphatic rings. The van der Waals surface area contributed by atoms with E-state index in [0.29, 0.717) is 0 Å². The minimum absolute atomic E-state index is 0.928. The normalized spacial score (nSPS) is 17.3. The number of hydrogen-bond acceptors (Lipinski definition) is 0. The Morgan fingerprint density at radius 2 is 1.59 bits per heavy atom. The summed E-state index contributed by atoms with van der Waals surface area (Å²) in [7, 11) is 0. The minimum Gasteiger partial charge on any atom is -0.0804 e. The Morgan fingerprint density at radius 3 is 2.37 bits per heavy atom. The summed E-state index contributed by atoms with van der Waals surface area (Å²) in [4.78, 5) is 0. The number of aryl methyl sites for hydroxylation is 1. The smallest absolute Gasteiger partial charge is 0.0178 e. The molecule has 2 aromatic carbocycles. The van der Waals surface area contributed by atoms with Crippen LogP contribution in [0.4, 0.5) is 0 Å². The average molecular weight is 363 g/mol. The maximum absolute atomic E-state index is 2.54. The van der Waals surface area contributed by atoms with E-state index in [1.54, 1.807) is 5.57 Å². The Morgan fingerprint density at radius 1 is 0.815 bits per heavy atom. The first-order valence-electron chi connectivity index (χ1n) is 11.5. The first kappa shape index (κ1) is 20.2. The molecule has 0 amide bonds. The van der Waals surface area contributed by atoms with Crippen LogP contribution in [0.5, 0.6) is 0 Å². The highest BCUT2D eigenvalue weighted by molar-refractivity contribution is 5.87. The van der Waals surface area contributed by atoms with Crippen molar-refractivity contribution in [2.75, 3.05) is 0 Å². The van der Waals surface area contributed by atoms with Crippen molar-refractivity contribution in [3.8, 4) is 0 Å². The predicted molar refractivity (Wildman–Crippen MR) is 121 cm³/mol. The van der Waals surface area contributed by atoms with Crippen molar-refractivity contribution >= 4 is 16.3 Å². The van der Waals surface area contributed by atoms with Crippen LogP contribution in [0, 0.1) is 5.92 Å². The number of hydrogen-bond donors (Lipinski definition) is 0. The second-order valence-corrected chi connectivity index (χ2v) is 8.57. The van der Waals surface area contributed by atoms with Gasteiger partial charge in [-0.3, -0.25) is 0 Å². The molecule has 0 saturated heterocycles. The minimum atomic E-state index is 0.928. The molecule has 0 fully saturated rings. The third kappa shape index (κ3) is 5.96. The predicted octanol–water partition coefficient (Wildman–Crippen LogP) is 8.73. The Kier molecular flexibility index (Phi) is 7.99. The summed E-state index contributed by atoms with van der Waals surface area (Å²) in [6.07, 6.45) is 18.8. The molecular weight excluding hydrogens is 324 g/mol. The third-order valence-electron chi connectivity index (χ3n) is 6.30. The van der Waals surface area contributed by atoms with E-state index in [0.717, 1.165) is 5.92 Å². The van der Waals surface area contributed by atoms with E-state index < -0.39 is 0 Å². The Hall–Kier alpha value is -1.56. The standard InChI is InChI=1S/C27H38/c1-3-5-6-7-8-9-11-22-12-15-24(16-13-22)26-19-18-25-20-23(10-4-2)14-17-27(25)21-26/h14-15,17-22H,3-13,16H2,1-2H3. The topological polar surface area (TPSA) is 0 Å². The maximum atomic E-state index is 2.54. The molecule has 1 atom stereocenters. The molecule has 0 heteroatoms. The van der Waals surface area contributed by atoms with Gasteiger partial charge in [-0.15, -0.1) is 0 Å². The van der Waals surface area contributed by atoms with Gasteiger partial charge < -0.3 is 0 Å². The third-order valence-corrected chi connectivity index (χ3v) is 6.30. The molecule has 0 radical (unpaired) electrons. The molecule has 0 nitrogen and oxygen atoms in total. The van der Waals surface area contributed by atoms with Crippen molar-refractivity contribution < 1.29 is 0 Å². The molecule has 27 heavy (non-hydrogen) atoms. The molecule has 2 aromatic rings. The number of benzene rings is 2. The van der Waals surface area contributed by atoms with Crippen LogP contribution in [0.25, 0.3) is 16.3 Å². The van der Waals surface area contributed by atoms with E-state index in [2.05, 4.69) is 56.3 Å². The van der Waals surface area contributed by atoms with Crippen molar-refractivity contribution in [2.24, 2.45) is 5.92 Å². The van der Waals surface area contributed by atoms with Gasteiger partial charge >= 0.3 is 0 Å². The number of rotatable bonds is 10. The Labute approximate surface area is 167 Å². The van der Waals surface area contributed by atoms with Gasteiger partial charge in [0.25, 0.3) is 0 Å². The zero-order valence-corrected chi connectivity index (χ0v) is 17.6. The highest BCUT2D eigenvalue weighted by atomic mass is 14.2. The zero-order valence-electron chi connectivity index (χ0n) is 17.6. The summed E-state index contributed by atoms with van der Waals surface area (Å²) in [5.74, 6) is 0.928. The molecule has 0 heterocycles. The summed E-state index contributed by atoms with van der Waals surface area (Å²) in [6, 6.07) is 14.1. The summed E-state index contributed by atoms with van der Waals surface area (Å²) in [6.45, 7) is 4.55. The second-order valence-electron chi connectivity index (χ2n) is 8.57. The van der Waals surface area contributed by atoms with Gasteiger partial charge in [0, 0.05) is 0 Å². The molecule has 3 rings (SSSR count). The van der Waals surface area contributed by atoms with Gasteiger partial charge in [0.2, 0.25) is 0 Å². The fourth-order valence-corrected chi connectivity index (χ4v) is 4.57. The number of unbranched alkanes of at least 4 members (excludes halogenated alkanes) is 5. The maximum Gasteiger partial charge on any atom is -0.0178 e. The van der Waals surface area contributed by atoms with Crippen molar-refractivity contribution in [1.29, 1.82) is 0 Å². The van der Waals surface area contributed by atoms with Crippen LogP contribution in [0.2, 0.25) is 0 Å². The van der Waals surface area contributed by atoms with Crippen LogP contribution in [0.3, 0.4) is 0 Å². The van der Waals surface area contributed by atoms with Gasteiger partial charge in [0.1, 0.15) is 0 Å². The second kappa shape index (κ2) is 10.7. The molecule has 0 bridgehead atoms. The molecule has 0 aromatic heterocycles. The summed E-state index contributed by atoms with van der Waals surface area (Å²) < 4.78 is 0. The van der Waals surface area contributed by atoms with Gasteiger partial charge in [-0.05, 0) is 65.1 Å². The van der Waals surface area contributed by atoms with Crippen LogP contribution in [-0.4, -0.2) is 0 Å². The van der Waals surface area contributed by atoms with Crippen LogP contribution < -0.4 is 0 Å². The summed E-state index contributed by atoms with van der Waals surface area (Å²) in [5.41, 5.74) is 4.49. The SMILES string of the molecule is CCCCCCCCC1CC=C(c2ccc3cc(CCC)ccc3c2)CC1. The Balaban J connectivity index is 1.53. The lowest BCUT2D eigenvalue weighted by Crippen LogP contribution is -2.05. The highest BCUT2D eigenvalue weighted by Crippen LogP contribution is 2.34. The molecular formula is C27H38. The van der Waals surface area contributed by atoms with Gasteiger partial charge in [0.05, 0.1) is 0 Å². The first-order chi connectivity index (χ1) is 13.3. The van der Waals surface area contributed by atoms with E-state index in [-0.39, 0.29) is 0 Å². The Bertz CT molecular complexity index is 737. The van der Waals surface area contributed by atoms with Crippen LogP contribution in [0.15, 0.2) is 42.5 Å². The highest BCUT2D eigenvalue weighted by Gasteiger charge is 2.15. The lowest BCUT2D eigenvalue weighted by atomic mass is 9.83. The van der Waals surface area contributed by atoms with Gasteiger partial charge in [0.15, 0.2) is 0 Å². The van der Waals surface area contributed by atoms with Crippen molar-refractivity contribution in [1.82, 2.24) is 0 Å². The van der Waals surface area contributed by atoms with E-state index in [4.69, 9.17) is 0 Å². The van der Waals surface area contributed by atoms with Gasteiger partial charge in [-0.2, -0.15) is 0 Å². The fourth-order valence-electron chi connectivity index (χ4n) is 4.57. The van der Waals surface area contributed by atoms with Crippen LogP contribution in [0.1, 0.15) is 95.6 Å².